The van der Waals surface area contributed by atoms with Crippen LogP contribution in [0.5, 0.6) is 0 Å². The largest absolute Gasteiger partial charge is 0.314 e. The molecule has 5 nitrogen and oxygen atoms in total. The average molecular weight is 529 g/mol. The third-order valence-corrected chi connectivity index (χ3v) is 7.80. The quantitative estimate of drug-likeness (QED) is 0.222. The molecule has 0 saturated carbocycles. The molecular formula is C30H29ClN4OS. The van der Waals surface area contributed by atoms with E-state index < -0.39 is 0 Å². The molecule has 5 rings (SSSR count). The first-order valence-electron chi connectivity index (χ1n) is 12.3. The van der Waals surface area contributed by atoms with E-state index in [0.717, 1.165) is 40.3 Å². The maximum Gasteiger partial charge on any atom is 0.297 e. The van der Waals surface area contributed by atoms with Crippen LogP contribution in [0.4, 0.5) is 5.69 Å². The number of rotatable bonds is 7. The van der Waals surface area contributed by atoms with Gasteiger partial charge in [0, 0.05) is 29.1 Å². The lowest BCUT2D eigenvalue weighted by Gasteiger charge is -2.18. The molecule has 2 heterocycles. The number of aryl methyl sites for hydroxylation is 1. The normalized spacial score (nSPS) is 12.7. The van der Waals surface area contributed by atoms with Crippen molar-refractivity contribution in [3.63, 3.8) is 0 Å². The molecule has 0 spiro atoms. The Balaban J connectivity index is 1.63. The summed E-state index contributed by atoms with van der Waals surface area (Å²) in [5.74, 6) is 0. The van der Waals surface area contributed by atoms with E-state index in [1.807, 2.05) is 73.3 Å². The lowest BCUT2D eigenvalue weighted by Crippen LogP contribution is -2.22. The Morgan fingerprint density at radius 2 is 1.68 bits per heavy atom. The number of hydrogen-bond donors (Lipinski definition) is 0. The summed E-state index contributed by atoms with van der Waals surface area (Å²) < 4.78 is 5.78. The van der Waals surface area contributed by atoms with Crippen LogP contribution in [0, 0.1) is 6.92 Å². The van der Waals surface area contributed by atoms with E-state index in [1.54, 1.807) is 16.0 Å². The highest BCUT2D eigenvalue weighted by Gasteiger charge is 2.19. The van der Waals surface area contributed by atoms with Gasteiger partial charge in [0.25, 0.3) is 5.56 Å². The molecule has 0 aliphatic carbocycles. The summed E-state index contributed by atoms with van der Waals surface area (Å²) in [6, 6.07) is 28.2. The maximum absolute atomic E-state index is 13.6. The minimum Gasteiger partial charge on any atom is -0.314 e. The second-order valence-corrected chi connectivity index (χ2v) is 10.5. The third kappa shape index (κ3) is 5.13. The smallest absolute Gasteiger partial charge is 0.297 e. The zero-order valence-corrected chi connectivity index (χ0v) is 22.7. The number of benzene rings is 3. The molecule has 5 aromatic rings. The standard InChI is InChI=1S/C30H29ClN4OS/c1-21(17-18-23-11-6-4-7-12-23)34-27(24-13-10-14-25(31)19-24)20-37-30(34)32-28-22(2)33(3)35(29(28)36)26-15-8-5-9-16-26/h4-16,19-21H,17-18H2,1-3H3. The van der Waals surface area contributed by atoms with Gasteiger partial charge in [0.2, 0.25) is 0 Å². The summed E-state index contributed by atoms with van der Waals surface area (Å²) >= 11 is 7.89. The lowest BCUT2D eigenvalue weighted by molar-refractivity contribution is 0.501. The van der Waals surface area contributed by atoms with Crippen LogP contribution in [0.1, 0.15) is 30.6 Å². The number of hydrogen-bond acceptors (Lipinski definition) is 3. The third-order valence-electron chi connectivity index (χ3n) is 6.73. The maximum atomic E-state index is 13.6. The van der Waals surface area contributed by atoms with Crippen LogP contribution in [0.15, 0.2) is 100 Å². The molecule has 188 valence electrons. The van der Waals surface area contributed by atoms with Crippen molar-refractivity contribution < 1.29 is 0 Å². The van der Waals surface area contributed by atoms with Crippen LogP contribution in [0.2, 0.25) is 5.02 Å². The number of thiazole rings is 1. The summed E-state index contributed by atoms with van der Waals surface area (Å²) in [4.78, 5) is 19.3. The van der Waals surface area contributed by atoms with Crippen molar-refractivity contribution >= 4 is 28.6 Å². The summed E-state index contributed by atoms with van der Waals surface area (Å²) in [5.41, 5.74) is 5.33. The van der Waals surface area contributed by atoms with Crippen molar-refractivity contribution in [3.8, 4) is 16.9 Å². The predicted molar refractivity (Wildman–Crippen MR) is 153 cm³/mol. The predicted octanol–water partition coefficient (Wildman–Crippen LogP) is 7.09. The van der Waals surface area contributed by atoms with Gasteiger partial charge in [-0.15, -0.1) is 11.3 Å². The molecule has 0 radical (unpaired) electrons. The van der Waals surface area contributed by atoms with Crippen LogP contribution in [0.25, 0.3) is 16.9 Å². The minimum atomic E-state index is -0.132. The van der Waals surface area contributed by atoms with Gasteiger partial charge in [0.1, 0.15) is 0 Å². The summed E-state index contributed by atoms with van der Waals surface area (Å²) in [6.45, 7) is 4.15. The van der Waals surface area contributed by atoms with Gasteiger partial charge < -0.3 is 4.57 Å². The molecule has 0 amide bonds. The highest BCUT2D eigenvalue weighted by Crippen LogP contribution is 2.28. The monoisotopic (exact) mass is 528 g/mol. The van der Waals surface area contributed by atoms with Gasteiger partial charge in [0.05, 0.1) is 17.1 Å². The molecule has 0 fully saturated rings. The first-order chi connectivity index (χ1) is 17.9. The molecule has 0 bridgehead atoms. The first kappa shape index (κ1) is 25.1. The molecule has 2 aromatic heterocycles. The second-order valence-electron chi connectivity index (χ2n) is 9.18. The van der Waals surface area contributed by atoms with Crippen LogP contribution >= 0.6 is 22.9 Å². The van der Waals surface area contributed by atoms with Crippen LogP contribution in [-0.4, -0.2) is 13.9 Å². The van der Waals surface area contributed by atoms with Gasteiger partial charge in [-0.05, 0) is 56.5 Å². The topological polar surface area (TPSA) is 44.2 Å². The molecule has 3 aromatic carbocycles. The van der Waals surface area contributed by atoms with Crippen molar-refractivity contribution in [1.29, 1.82) is 0 Å². The zero-order valence-electron chi connectivity index (χ0n) is 21.1. The number of nitrogens with zero attached hydrogens (tertiary/aromatic N) is 4. The number of para-hydroxylation sites is 1. The Labute approximate surface area is 225 Å². The molecule has 7 heteroatoms. The molecule has 1 unspecified atom stereocenters. The molecule has 0 N–H and O–H groups in total. The van der Waals surface area contributed by atoms with Crippen LogP contribution < -0.4 is 10.4 Å². The Bertz CT molecular complexity index is 1640. The van der Waals surface area contributed by atoms with Gasteiger partial charge in [-0.1, -0.05) is 72.3 Å². The molecule has 37 heavy (non-hydrogen) atoms. The van der Waals surface area contributed by atoms with Crippen LogP contribution in [0.3, 0.4) is 0 Å². The van der Waals surface area contributed by atoms with E-state index in [1.165, 1.54) is 5.56 Å². The molecular weight excluding hydrogens is 500 g/mol. The van der Waals surface area contributed by atoms with Crippen molar-refractivity contribution in [2.24, 2.45) is 12.0 Å². The zero-order chi connectivity index (χ0) is 25.9. The fraction of sp³-hybridized carbons (Fsp3) is 0.200. The van der Waals surface area contributed by atoms with Gasteiger partial charge >= 0.3 is 0 Å². The highest BCUT2D eigenvalue weighted by atomic mass is 35.5. The summed E-state index contributed by atoms with van der Waals surface area (Å²) in [5, 5.41) is 2.80. The SMILES string of the molecule is Cc1c(N=c2scc(-c3cccc(Cl)c3)n2C(C)CCc2ccccc2)c(=O)n(-c2ccccc2)n1C. The van der Waals surface area contributed by atoms with Crippen molar-refractivity contribution in [1.82, 2.24) is 13.9 Å². The Morgan fingerprint density at radius 3 is 2.38 bits per heavy atom. The Hall–Kier alpha value is -3.61. The van der Waals surface area contributed by atoms with E-state index in [4.69, 9.17) is 16.6 Å². The van der Waals surface area contributed by atoms with Crippen LogP contribution in [-0.2, 0) is 13.5 Å². The summed E-state index contributed by atoms with van der Waals surface area (Å²) in [7, 11) is 1.89. The fourth-order valence-corrected chi connectivity index (χ4v) is 5.81. The lowest BCUT2D eigenvalue weighted by atomic mass is 10.1. The van der Waals surface area contributed by atoms with Gasteiger partial charge in [-0.3, -0.25) is 9.48 Å². The van der Waals surface area contributed by atoms with Gasteiger partial charge in [-0.2, -0.15) is 0 Å². The fourth-order valence-electron chi connectivity index (χ4n) is 4.61. The minimum absolute atomic E-state index is 0.132. The number of halogens is 1. The molecule has 0 aliphatic heterocycles. The van der Waals surface area contributed by atoms with E-state index in [9.17, 15) is 4.79 Å². The van der Waals surface area contributed by atoms with E-state index in [2.05, 4.69) is 47.2 Å². The van der Waals surface area contributed by atoms with E-state index >= 15 is 0 Å². The van der Waals surface area contributed by atoms with Gasteiger partial charge in [0.15, 0.2) is 10.5 Å². The average Bonchev–Trinajstić information content (AvgIpc) is 3.43. The van der Waals surface area contributed by atoms with Crippen molar-refractivity contribution in [3.05, 3.63) is 122 Å². The Kier molecular flexibility index (Phi) is 7.31. The van der Waals surface area contributed by atoms with E-state index in [0.29, 0.717) is 10.7 Å². The van der Waals surface area contributed by atoms with E-state index in [-0.39, 0.29) is 11.6 Å². The molecule has 0 aliphatic rings. The first-order valence-corrected chi connectivity index (χ1v) is 13.6. The second kappa shape index (κ2) is 10.8. The Morgan fingerprint density at radius 1 is 0.973 bits per heavy atom. The molecule has 0 saturated heterocycles. The summed E-state index contributed by atoms with van der Waals surface area (Å²) in [6.07, 6.45) is 1.88. The number of aromatic nitrogens is 3. The van der Waals surface area contributed by atoms with Gasteiger partial charge in [-0.25, -0.2) is 9.67 Å². The highest BCUT2D eigenvalue weighted by molar-refractivity contribution is 7.07. The van der Waals surface area contributed by atoms with Crippen molar-refractivity contribution in [2.75, 3.05) is 0 Å². The van der Waals surface area contributed by atoms with Crippen molar-refractivity contribution in [2.45, 2.75) is 32.7 Å². The molecule has 1 atom stereocenters.